The second kappa shape index (κ2) is 36.6. The molecule has 5 aliphatic heterocycles. The Hall–Kier alpha value is -1.31. The average molecular weight is 1160 g/mol. The molecule has 0 amide bonds. The zero-order valence-corrected chi connectivity index (χ0v) is 42.0. The topological polar surface area (TPSA) is 521 Å². The van der Waals surface area contributed by atoms with Crippen molar-refractivity contribution in [3.8, 4) is 0 Å². The van der Waals surface area contributed by atoms with Crippen molar-refractivity contribution in [2.45, 2.75) is 143 Å². The molecule has 5 heterocycles. The molecular weight excluding hydrogens is 1080 g/mol. The molecule has 5 aliphatic rings. The Kier molecular flexibility index (Phi) is 37.0. The number of aliphatic hydroxyl groups excluding tert-OH is 13. The van der Waals surface area contributed by atoms with Crippen LogP contribution in [0.4, 0.5) is 0 Å². The summed E-state index contributed by atoms with van der Waals surface area (Å²) in [5.41, 5.74) is 13.4. The summed E-state index contributed by atoms with van der Waals surface area (Å²) in [5.74, 6) is -0.164. The predicted octanol–water partition coefficient (Wildman–Crippen LogP) is -7.73. The van der Waals surface area contributed by atoms with E-state index in [1.807, 2.05) is 0 Å². The van der Waals surface area contributed by atoms with Gasteiger partial charge in [-0.15, -0.1) is 0 Å². The summed E-state index contributed by atoms with van der Waals surface area (Å²) >= 11 is 3.12. The SMILES string of the molecule is C.CO.CO[C@H]1O[C@H](CBr)[C@@H](O)[C@H](O)[C@H]1O.CO[C@H]1O[C@H](CN)[C@@H](O)[C@H](O)[C@H]1O.CO[C@H]1O[C@H](CN=[N+]=[N-])[C@@H](O)[C@H](O)[C@H]1O.CO[C@H]1O[C@H](CNCCCS(=O)(=O)O)[C@@H](O)[C@H](O)[C@H]1O.O=S1(=O)CCCO1. The van der Waals surface area contributed by atoms with Crippen LogP contribution >= 0.6 is 15.9 Å². The minimum Gasteiger partial charge on any atom is -0.400 e. The van der Waals surface area contributed by atoms with Crippen molar-refractivity contribution >= 4 is 36.2 Å². The maximum atomic E-state index is 10.5. The number of nitrogens with one attached hydrogen (secondary N) is 1. The molecule has 426 valence electrons. The zero-order chi connectivity index (χ0) is 54.1. The number of azide groups is 1. The molecule has 0 radical (unpaired) electrons. The van der Waals surface area contributed by atoms with E-state index in [-0.39, 0.29) is 51.5 Å². The van der Waals surface area contributed by atoms with E-state index in [1.54, 1.807) is 0 Å². The third-order valence-corrected chi connectivity index (χ3v) is 13.0. The van der Waals surface area contributed by atoms with Crippen molar-refractivity contribution in [1.82, 2.24) is 5.32 Å². The Balaban J connectivity index is 0. The van der Waals surface area contributed by atoms with Gasteiger partial charge in [-0.1, -0.05) is 28.5 Å². The molecule has 5 fully saturated rings. The van der Waals surface area contributed by atoms with Crippen LogP contribution in [0.3, 0.4) is 0 Å². The molecule has 0 aromatic carbocycles. The number of nitrogens with two attached hydrogens (primary N) is 1. The van der Waals surface area contributed by atoms with Crippen molar-refractivity contribution < 1.29 is 130 Å². The maximum absolute atomic E-state index is 10.5. The molecule has 71 heavy (non-hydrogen) atoms. The number of aliphatic hydroxyl groups is 13. The van der Waals surface area contributed by atoms with E-state index in [1.165, 1.54) is 28.4 Å². The molecule has 5 saturated heterocycles. The van der Waals surface area contributed by atoms with Crippen LogP contribution in [0, 0.1) is 0 Å². The quantitative estimate of drug-likeness (QED) is 0.0146. The number of halogens is 1. The Bertz CT molecular complexity index is 1580. The van der Waals surface area contributed by atoms with Gasteiger partial charge in [0.25, 0.3) is 20.2 Å². The molecular formula is C36H76BrN5O27S2. The van der Waals surface area contributed by atoms with Gasteiger partial charge in [0.2, 0.25) is 0 Å². The molecule has 35 heteroatoms. The lowest BCUT2D eigenvalue weighted by molar-refractivity contribution is -0.288. The van der Waals surface area contributed by atoms with Gasteiger partial charge in [-0.3, -0.25) is 8.74 Å². The number of nitrogens with zero attached hydrogens (tertiary/aromatic N) is 3. The summed E-state index contributed by atoms with van der Waals surface area (Å²) in [6.45, 7) is 0.716. The highest BCUT2D eigenvalue weighted by molar-refractivity contribution is 9.09. The second-order valence-electron chi connectivity index (χ2n) is 15.1. The number of ether oxygens (including phenoxy) is 8. The molecule has 0 saturated carbocycles. The third kappa shape index (κ3) is 24.1. The van der Waals surface area contributed by atoms with Crippen LogP contribution in [0.5, 0.6) is 0 Å². The van der Waals surface area contributed by atoms with Crippen molar-refractivity contribution in [2.75, 3.05) is 85.2 Å². The Morgan fingerprint density at radius 2 is 1.03 bits per heavy atom. The van der Waals surface area contributed by atoms with Crippen LogP contribution in [0.1, 0.15) is 20.3 Å². The van der Waals surface area contributed by atoms with Crippen molar-refractivity contribution in [1.29, 1.82) is 0 Å². The summed E-state index contributed by atoms with van der Waals surface area (Å²) in [6.07, 6.45) is -21.3. The smallest absolute Gasteiger partial charge is 0.267 e. The van der Waals surface area contributed by atoms with Gasteiger partial charge < -0.3 is 115 Å². The van der Waals surface area contributed by atoms with E-state index in [9.17, 15) is 78.1 Å². The highest BCUT2D eigenvalue weighted by Crippen LogP contribution is 2.25. The Morgan fingerprint density at radius 1 is 0.662 bits per heavy atom. The van der Waals surface area contributed by atoms with Gasteiger partial charge >= 0.3 is 0 Å². The van der Waals surface area contributed by atoms with E-state index in [2.05, 4.69) is 35.5 Å². The Labute approximate surface area is 419 Å². The average Bonchev–Trinajstić information content (AvgIpc) is 3.76. The summed E-state index contributed by atoms with van der Waals surface area (Å²) in [6, 6.07) is 0. The molecule has 0 unspecified atom stereocenters. The first kappa shape index (κ1) is 71.8. The predicted molar refractivity (Wildman–Crippen MR) is 245 cm³/mol. The second-order valence-corrected chi connectivity index (χ2v) is 19.1. The minimum absolute atomic E-state index is 0. The van der Waals surface area contributed by atoms with Gasteiger partial charge in [0.1, 0.15) is 85.5 Å². The third-order valence-electron chi connectivity index (χ3n) is 10.2. The number of hydrogen-bond donors (Lipinski definition) is 16. The first-order valence-electron chi connectivity index (χ1n) is 21.0. The van der Waals surface area contributed by atoms with Crippen LogP contribution in [0.15, 0.2) is 5.11 Å². The fraction of sp³-hybridized carbons (Fsp3) is 1.00. The van der Waals surface area contributed by atoms with Crippen molar-refractivity contribution in [2.24, 2.45) is 10.8 Å². The maximum Gasteiger partial charge on any atom is 0.267 e. The lowest BCUT2D eigenvalue weighted by Crippen LogP contribution is -2.60. The molecule has 0 aliphatic carbocycles. The minimum atomic E-state index is -3.98. The number of methoxy groups -OCH3 is 4. The van der Waals surface area contributed by atoms with Gasteiger partial charge in [0.05, 0.1) is 36.9 Å². The van der Waals surface area contributed by atoms with Crippen molar-refractivity contribution in [3.63, 3.8) is 0 Å². The largest absolute Gasteiger partial charge is 0.400 e. The van der Waals surface area contributed by atoms with Crippen molar-refractivity contribution in [3.05, 3.63) is 10.4 Å². The van der Waals surface area contributed by atoms with E-state index < -0.39 is 143 Å². The first-order valence-corrected chi connectivity index (χ1v) is 25.3. The first-order chi connectivity index (χ1) is 32.8. The molecule has 5 rings (SSSR count). The summed E-state index contributed by atoms with van der Waals surface area (Å²) in [4.78, 5) is 2.51. The lowest BCUT2D eigenvalue weighted by atomic mass is 9.99. The monoisotopic (exact) mass is 1150 g/mol. The zero-order valence-electron chi connectivity index (χ0n) is 38.8. The molecule has 17 N–H and O–H groups in total. The summed E-state index contributed by atoms with van der Waals surface area (Å²) in [5, 5.41) is 127. The van der Waals surface area contributed by atoms with Crippen LogP contribution in [0.25, 0.3) is 10.4 Å². The molecule has 0 spiro atoms. The standard InChI is InChI=1S/C10H21NO8S.C7H13BrO5.C7H13N3O5.C7H15NO5.C3H6O3S.CH4O.CH4/c1-18-10-9(14)8(13)7(12)6(19-10)5-11-3-2-4-20(15,16)17;1-12-7-6(11)5(10)4(9)3(2-8)13-7;1-14-7-6(13)5(12)4(11)3(15-7)2-9-10-8;1-12-7-6(11)5(10)4(9)3(2-8)13-7;4-7(5)3-1-2-6-7;1-2;/h6-14H,2-5H2,1H3,(H,15,16,17);3-7,9-11H,2H2,1H3;3-7,11-13H,2H2,1H3;3-7,9-11H,2,8H2,1H3;1-3H2;2H,1H3;1H4/t6-,7-,8+,9-,10+;3*3-,4-,5+,6-,7+;;;/m1111.../s1. The number of alkyl halides is 1. The highest BCUT2D eigenvalue weighted by atomic mass is 79.9. The highest BCUT2D eigenvalue weighted by Gasteiger charge is 2.46. The molecule has 0 aromatic rings. The van der Waals surface area contributed by atoms with E-state index in [0.29, 0.717) is 18.4 Å². The lowest BCUT2D eigenvalue weighted by Gasteiger charge is -2.39. The summed E-state index contributed by atoms with van der Waals surface area (Å²) in [7, 11) is -0.730. The Morgan fingerprint density at radius 3 is 1.35 bits per heavy atom. The van der Waals surface area contributed by atoms with Crippen LogP contribution < -0.4 is 11.1 Å². The van der Waals surface area contributed by atoms with Gasteiger partial charge in [0, 0.05) is 58.9 Å². The van der Waals surface area contributed by atoms with Gasteiger partial charge in [-0.25, -0.2) is 0 Å². The van der Waals surface area contributed by atoms with E-state index >= 15 is 0 Å². The van der Waals surface area contributed by atoms with Crippen LogP contribution in [-0.4, -0.2) is 296 Å². The normalized spacial score (nSPS) is 38.4. The summed E-state index contributed by atoms with van der Waals surface area (Å²) < 4.78 is 94.0. The van der Waals surface area contributed by atoms with Gasteiger partial charge in [-0.2, -0.15) is 16.8 Å². The fourth-order valence-corrected chi connectivity index (χ4v) is 8.31. The van der Waals surface area contributed by atoms with Crippen LogP contribution in [0.2, 0.25) is 0 Å². The molecule has 0 bridgehead atoms. The molecule has 20 atom stereocenters. The van der Waals surface area contributed by atoms with E-state index in [0.717, 1.165) is 7.11 Å². The number of rotatable bonds is 14. The fourth-order valence-electron chi connectivity index (χ4n) is 6.31. The molecule has 0 aromatic heterocycles. The molecule has 32 nitrogen and oxygen atoms in total. The van der Waals surface area contributed by atoms with Gasteiger partial charge in [-0.05, 0) is 24.9 Å². The van der Waals surface area contributed by atoms with E-state index in [4.69, 9.17) is 58.8 Å². The van der Waals surface area contributed by atoms with Crippen LogP contribution in [-0.2, 0) is 62.3 Å². The van der Waals surface area contributed by atoms with Gasteiger partial charge in [0.15, 0.2) is 25.2 Å². The number of hydrogen-bond acceptors (Lipinski definition) is 29.